The number of hydrogen-bond acceptors (Lipinski definition) is 5. The Hall–Kier alpha value is -1.65. The van der Waals surface area contributed by atoms with Crippen LogP contribution in [-0.4, -0.2) is 31.9 Å². The van der Waals surface area contributed by atoms with Crippen LogP contribution in [0.5, 0.6) is 0 Å². The molecule has 0 spiro atoms. The molecule has 128 valence electrons. The van der Waals surface area contributed by atoms with Gasteiger partial charge in [0.05, 0.1) is 19.6 Å². The molecule has 0 aromatic heterocycles. The number of Topliss-reactive ketones (excluding diaryl/α,β-unsaturated/α-hetero) is 1. The zero-order valence-corrected chi connectivity index (χ0v) is 14.7. The van der Waals surface area contributed by atoms with Crippen LogP contribution in [0.4, 0.5) is 0 Å². The summed E-state index contributed by atoms with van der Waals surface area (Å²) in [5, 5.41) is 0. The van der Waals surface area contributed by atoms with Crippen molar-refractivity contribution < 1.29 is 23.9 Å². The third-order valence-electron chi connectivity index (χ3n) is 5.98. The van der Waals surface area contributed by atoms with E-state index in [-0.39, 0.29) is 17.6 Å². The summed E-state index contributed by atoms with van der Waals surface area (Å²) in [6.07, 6.45) is 1.83. The highest BCUT2D eigenvalue weighted by atomic mass is 16.5. The highest BCUT2D eigenvalue weighted by Gasteiger charge is 2.69. The largest absolute Gasteiger partial charge is 0.468 e. The Labute approximate surface area is 137 Å². The number of hydrogen-bond donors (Lipinski definition) is 0. The Kier molecular flexibility index (Phi) is 4.20. The lowest BCUT2D eigenvalue weighted by Gasteiger charge is -2.38. The number of ketones is 1. The third-order valence-corrected chi connectivity index (χ3v) is 5.98. The molecule has 0 aromatic rings. The van der Waals surface area contributed by atoms with E-state index in [9.17, 15) is 14.4 Å². The quantitative estimate of drug-likeness (QED) is 0.444. The van der Waals surface area contributed by atoms with Gasteiger partial charge >= 0.3 is 11.9 Å². The predicted molar refractivity (Wildman–Crippen MR) is 84.5 cm³/mol. The molecule has 2 atom stereocenters. The number of carbonyl (C=O) groups is 3. The molecule has 0 aliphatic heterocycles. The average molecular weight is 322 g/mol. The van der Waals surface area contributed by atoms with E-state index in [1.54, 1.807) is 0 Å². The van der Waals surface area contributed by atoms with Crippen LogP contribution >= 0.6 is 0 Å². The first-order valence-electron chi connectivity index (χ1n) is 7.94. The monoisotopic (exact) mass is 322 g/mol. The van der Waals surface area contributed by atoms with Gasteiger partial charge in [0, 0.05) is 12.3 Å². The van der Waals surface area contributed by atoms with Gasteiger partial charge in [-0.2, -0.15) is 0 Å². The Morgan fingerprint density at radius 1 is 1.13 bits per heavy atom. The summed E-state index contributed by atoms with van der Waals surface area (Å²) in [6.45, 7) is 9.98. The van der Waals surface area contributed by atoms with Gasteiger partial charge in [-0.3, -0.25) is 14.4 Å². The lowest BCUT2D eigenvalue weighted by atomic mass is 9.63. The van der Waals surface area contributed by atoms with Crippen molar-refractivity contribution in [2.75, 3.05) is 14.2 Å². The molecule has 0 amide bonds. The summed E-state index contributed by atoms with van der Waals surface area (Å²) in [6, 6.07) is 0. The van der Waals surface area contributed by atoms with E-state index < -0.39 is 28.7 Å². The van der Waals surface area contributed by atoms with Gasteiger partial charge < -0.3 is 9.47 Å². The van der Waals surface area contributed by atoms with Gasteiger partial charge in [-0.05, 0) is 31.6 Å². The maximum atomic E-state index is 12.9. The van der Waals surface area contributed by atoms with Crippen LogP contribution in [0, 0.1) is 22.2 Å². The van der Waals surface area contributed by atoms with E-state index in [2.05, 4.69) is 20.4 Å². The Morgan fingerprint density at radius 2 is 1.65 bits per heavy atom. The highest BCUT2D eigenvalue weighted by Crippen LogP contribution is 2.63. The standard InChI is InChI=1S/C18H26O5/c1-11-9-18(14(20)22-5,15(21)23-6)12-10-16(2,3)8-7-13(19)17(11,12)4/h12H,1,7-10H2,2-6H3/t12-,17-/m0/s1. The summed E-state index contributed by atoms with van der Waals surface area (Å²) in [4.78, 5) is 38.1. The summed E-state index contributed by atoms with van der Waals surface area (Å²) in [7, 11) is 2.52. The first-order valence-corrected chi connectivity index (χ1v) is 7.94. The fourth-order valence-corrected chi connectivity index (χ4v) is 4.40. The van der Waals surface area contributed by atoms with Gasteiger partial charge in [0.25, 0.3) is 0 Å². The Morgan fingerprint density at radius 3 is 2.13 bits per heavy atom. The zero-order chi connectivity index (χ0) is 17.6. The van der Waals surface area contributed by atoms with Crippen LogP contribution in [0.1, 0.15) is 46.5 Å². The molecule has 2 rings (SSSR count). The fraction of sp³-hybridized carbons (Fsp3) is 0.722. The molecule has 0 bridgehead atoms. The molecule has 5 heteroatoms. The molecule has 0 N–H and O–H groups in total. The second kappa shape index (κ2) is 5.46. The average Bonchev–Trinajstić information content (AvgIpc) is 2.68. The molecule has 0 radical (unpaired) electrons. The first kappa shape index (κ1) is 17.7. The first-order chi connectivity index (χ1) is 10.6. The molecule has 2 aliphatic carbocycles. The van der Waals surface area contributed by atoms with E-state index in [4.69, 9.17) is 9.47 Å². The normalized spacial score (nSPS) is 32.0. The topological polar surface area (TPSA) is 69.7 Å². The molecule has 0 saturated heterocycles. The van der Waals surface area contributed by atoms with Crippen molar-refractivity contribution in [1.82, 2.24) is 0 Å². The van der Waals surface area contributed by atoms with E-state index in [1.165, 1.54) is 14.2 Å². The summed E-state index contributed by atoms with van der Waals surface area (Å²) >= 11 is 0. The van der Waals surface area contributed by atoms with Crippen LogP contribution in [0.3, 0.4) is 0 Å². The van der Waals surface area contributed by atoms with Gasteiger partial charge in [0.2, 0.25) is 0 Å². The van der Waals surface area contributed by atoms with Crippen molar-refractivity contribution in [2.24, 2.45) is 22.2 Å². The second-order valence-corrected chi connectivity index (χ2v) is 7.78. The van der Waals surface area contributed by atoms with Crippen LogP contribution in [0.25, 0.3) is 0 Å². The molecule has 2 saturated carbocycles. The molecule has 0 unspecified atom stereocenters. The minimum atomic E-state index is -1.48. The van der Waals surface area contributed by atoms with Crippen LogP contribution < -0.4 is 0 Å². The lowest BCUT2D eigenvalue weighted by Crippen LogP contribution is -2.49. The van der Waals surface area contributed by atoms with Crippen molar-refractivity contribution in [3.8, 4) is 0 Å². The number of fused-ring (bicyclic) bond motifs is 1. The molecular weight excluding hydrogens is 296 g/mol. The lowest BCUT2D eigenvalue weighted by molar-refractivity contribution is -0.174. The number of methoxy groups -OCH3 is 2. The molecule has 0 aromatic carbocycles. The van der Waals surface area contributed by atoms with Crippen molar-refractivity contribution in [3.63, 3.8) is 0 Å². The smallest absolute Gasteiger partial charge is 0.323 e. The van der Waals surface area contributed by atoms with Crippen molar-refractivity contribution in [1.29, 1.82) is 0 Å². The highest BCUT2D eigenvalue weighted by molar-refractivity contribution is 6.04. The molecule has 0 heterocycles. The predicted octanol–water partition coefficient (Wildman–Crippen LogP) is 2.68. The Balaban J connectivity index is 2.70. The number of ether oxygens (including phenoxy) is 2. The van der Waals surface area contributed by atoms with E-state index >= 15 is 0 Å². The summed E-state index contributed by atoms with van der Waals surface area (Å²) < 4.78 is 9.91. The van der Waals surface area contributed by atoms with E-state index in [0.717, 1.165) is 6.42 Å². The molecule has 2 fully saturated rings. The second-order valence-electron chi connectivity index (χ2n) is 7.78. The number of carbonyl (C=O) groups excluding carboxylic acids is 3. The maximum Gasteiger partial charge on any atom is 0.323 e. The summed E-state index contributed by atoms with van der Waals surface area (Å²) in [5.41, 5.74) is -1.90. The van der Waals surface area contributed by atoms with Gasteiger partial charge in [-0.15, -0.1) is 0 Å². The Bertz CT molecular complexity index is 558. The number of allylic oxidation sites excluding steroid dienone is 1. The van der Waals surface area contributed by atoms with Gasteiger partial charge in [0.15, 0.2) is 5.41 Å². The van der Waals surface area contributed by atoms with E-state index in [0.29, 0.717) is 18.4 Å². The minimum absolute atomic E-state index is 0.0488. The van der Waals surface area contributed by atoms with Crippen LogP contribution in [0.2, 0.25) is 0 Å². The van der Waals surface area contributed by atoms with Gasteiger partial charge in [-0.25, -0.2) is 0 Å². The molecule has 2 aliphatic rings. The fourth-order valence-electron chi connectivity index (χ4n) is 4.40. The molecular formula is C18H26O5. The van der Waals surface area contributed by atoms with E-state index in [1.807, 2.05) is 6.92 Å². The van der Waals surface area contributed by atoms with Gasteiger partial charge in [0.1, 0.15) is 5.78 Å². The third kappa shape index (κ3) is 2.32. The molecule has 23 heavy (non-hydrogen) atoms. The van der Waals surface area contributed by atoms with Crippen molar-refractivity contribution in [3.05, 3.63) is 12.2 Å². The van der Waals surface area contributed by atoms with Crippen LogP contribution in [0.15, 0.2) is 12.2 Å². The summed E-state index contributed by atoms with van der Waals surface area (Å²) in [5.74, 6) is -1.71. The number of rotatable bonds is 2. The zero-order valence-electron chi connectivity index (χ0n) is 14.7. The number of esters is 2. The minimum Gasteiger partial charge on any atom is -0.468 e. The molecule has 5 nitrogen and oxygen atoms in total. The maximum absolute atomic E-state index is 12.9. The SMILES string of the molecule is C=C1CC(C(=O)OC)(C(=O)OC)[C@H]2CC(C)(C)CCC(=O)[C@@]12C. The van der Waals surface area contributed by atoms with Gasteiger partial charge in [-0.1, -0.05) is 26.0 Å². The van der Waals surface area contributed by atoms with Crippen LogP contribution in [-0.2, 0) is 23.9 Å². The van der Waals surface area contributed by atoms with Crippen molar-refractivity contribution in [2.45, 2.75) is 46.5 Å². The van der Waals surface area contributed by atoms with Crippen molar-refractivity contribution >= 4 is 17.7 Å².